The highest BCUT2D eigenvalue weighted by Crippen LogP contribution is 2.19. The summed E-state index contributed by atoms with van der Waals surface area (Å²) < 4.78 is 0. The van der Waals surface area contributed by atoms with Crippen LogP contribution in [0.15, 0.2) is 54.6 Å². The van der Waals surface area contributed by atoms with Crippen LogP contribution in [0.25, 0.3) is 11.1 Å². The van der Waals surface area contributed by atoms with Crippen molar-refractivity contribution in [2.24, 2.45) is 5.92 Å². The minimum absolute atomic E-state index is 0.108. The average Bonchev–Trinajstić information content (AvgIpc) is 2.63. The number of carboxylic acid groups (broad SMARTS) is 1. The van der Waals surface area contributed by atoms with Crippen LogP contribution in [-0.4, -0.2) is 31.4 Å². The molecule has 4 nitrogen and oxygen atoms in total. The van der Waals surface area contributed by atoms with Crippen molar-refractivity contribution in [2.45, 2.75) is 12.8 Å². The molecule has 0 unspecified atom stereocenters. The van der Waals surface area contributed by atoms with Gasteiger partial charge in [-0.1, -0.05) is 54.6 Å². The number of carbonyl (C=O) groups excluding carboxylic acids is 2. The molecule has 1 aliphatic heterocycles. The number of carbonyl (C=O) groups is 2. The number of Topliss-reactive ketones (excluding diaryl/α,β-unsaturated/α-hetero) is 1. The number of likely N-dealkylation sites (tertiary alicyclic amines) is 1. The molecule has 24 heavy (non-hydrogen) atoms. The summed E-state index contributed by atoms with van der Waals surface area (Å²) in [5.41, 5.74) is 2.94. The van der Waals surface area contributed by atoms with Gasteiger partial charge in [-0.15, -0.1) is 0 Å². The molecule has 0 atom stereocenters. The molecule has 1 saturated heterocycles. The van der Waals surface area contributed by atoms with E-state index >= 15 is 0 Å². The van der Waals surface area contributed by atoms with E-state index in [2.05, 4.69) is 0 Å². The third-order valence-corrected chi connectivity index (χ3v) is 4.75. The summed E-state index contributed by atoms with van der Waals surface area (Å²) in [6.45, 7) is 1.85. The Morgan fingerprint density at radius 3 is 2.08 bits per heavy atom. The monoisotopic (exact) mass is 323 g/mol. The molecule has 0 bridgehead atoms. The number of quaternary nitrogens is 1. The first-order valence-electron chi connectivity index (χ1n) is 8.36. The first kappa shape index (κ1) is 16.4. The van der Waals surface area contributed by atoms with E-state index in [0.29, 0.717) is 38.0 Å². The van der Waals surface area contributed by atoms with E-state index in [0.717, 1.165) is 16.0 Å². The summed E-state index contributed by atoms with van der Waals surface area (Å²) in [5.74, 6) is -1.21. The Morgan fingerprint density at radius 1 is 0.917 bits per heavy atom. The van der Waals surface area contributed by atoms with Crippen molar-refractivity contribution in [1.29, 1.82) is 0 Å². The van der Waals surface area contributed by atoms with Gasteiger partial charge in [-0.2, -0.15) is 0 Å². The van der Waals surface area contributed by atoms with Crippen LogP contribution in [-0.2, 0) is 4.79 Å². The largest absolute Gasteiger partial charge is 0.550 e. The highest BCUT2D eigenvalue weighted by Gasteiger charge is 2.24. The van der Waals surface area contributed by atoms with Gasteiger partial charge in [0.25, 0.3) is 0 Å². The third-order valence-electron chi connectivity index (χ3n) is 4.75. The fourth-order valence-electron chi connectivity index (χ4n) is 3.25. The number of aliphatic carboxylic acids is 1. The topological polar surface area (TPSA) is 61.6 Å². The molecular formula is C20H21NO3. The SMILES string of the molecule is O=C(C[NH+]1CCC(C(=O)[O-])CC1)c1ccc(-c2ccccc2)cc1. The first-order valence-corrected chi connectivity index (χ1v) is 8.36. The molecule has 0 spiro atoms. The molecule has 3 rings (SSSR count). The molecule has 2 aromatic carbocycles. The molecular weight excluding hydrogens is 302 g/mol. The van der Waals surface area contributed by atoms with Gasteiger partial charge in [0.1, 0.15) is 6.54 Å². The molecule has 2 aromatic rings. The molecule has 124 valence electrons. The molecule has 0 amide bonds. The van der Waals surface area contributed by atoms with Crippen molar-refractivity contribution in [2.75, 3.05) is 19.6 Å². The van der Waals surface area contributed by atoms with Gasteiger partial charge < -0.3 is 14.8 Å². The van der Waals surface area contributed by atoms with E-state index in [1.807, 2.05) is 54.6 Å². The number of rotatable bonds is 5. The lowest BCUT2D eigenvalue weighted by Gasteiger charge is -2.29. The summed E-state index contributed by atoms with van der Waals surface area (Å²) in [4.78, 5) is 24.4. The summed E-state index contributed by atoms with van der Waals surface area (Å²) >= 11 is 0. The predicted molar refractivity (Wildman–Crippen MR) is 89.5 cm³/mol. The molecule has 0 radical (unpaired) electrons. The lowest BCUT2D eigenvalue weighted by atomic mass is 9.96. The van der Waals surface area contributed by atoms with Crippen molar-refractivity contribution in [1.82, 2.24) is 0 Å². The maximum atomic E-state index is 12.4. The number of carboxylic acids is 1. The van der Waals surface area contributed by atoms with E-state index in [9.17, 15) is 14.7 Å². The number of benzene rings is 2. The van der Waals surface area contributed by atoms with Gasteiger partial charge in [0.05, 0.1) is 13.1 Å². The fourth-order valence-corrected chi connectivity index (χ4v) is 3.25. The van der Waals surface area contributed by atoms with E-state index in [-0.39, 0.29) is 11.7 Å². The Balaban J connectivity index is 1.59. The zero-order chi connectivity index (χ0) is 16.9. The van der Waals surface area contributed by atoms with Crippen LogP contribution in [0.2, 0.25) is 0 Å². The second kappa shape index (κ2) is 7.41. The number of hydrogen-bond donors (Lipinski definition) is 1. The van der Waals surface area contributed by atoms with Crippen LogP contribution >= 0.6 is 0 Å². The molecule has 0 aliphatic carbocycles. The van der Waals surface area contributed by atoms with Crippen LogP contribution in [0.4, 0.5) is 0 Å². The van der Waals surface area contributed by atoms with Gasteiger partial charge in [-0.3, -0.25) is 4.79 Å². The van der Waals surface area contributed by atoms with E-state index in [4.69, 9.17) is 0 Å². The quantitative estimate of drug-likeness (QED) is 0.819. The Morgan fingerprint density at radius 2 is 1.50 bits per heavy atom. The van der Waals surface area contributed by atoms with Gasteiger partial charge in [-0.25, -0.2) is 0 Å². The number of nitrogens with one attached hydrogen (secondary N) is 1. The summed E-state index contributed by atoms with van der Waals surface area (Å²) in [6, 6.07) is 17.7. The third kappa shape index (κ3) is 3.89. The van der Waals surface area contributed by atoms with Crippen LogP contribution < -0.4 is 10.0 Å². The summed E-state index contributed by atoms with van der Waals surface area (Å²) in [7, 11) is 0. The maximum Gasteiger partial charge on any atom is 0.216 e. The van der Waals surface area contributed by atoms with Gasteiger partial charge in [0.2, 0.25) is 5.78 Å². The maximum absolute atomic E-state index is 12.4. The molecule has 1 heterocycles. The summed E-state index contributed by atoms with van der Waals surface area (Å²) in [6.07, 6.45) is 1.19. The minimum Gasteiger partial charge on any atom is -0.550 e. The highest BCUT2D eigenvalue weighted by molar-refractivity contribution is 5.97. The second-order valence-corrected chi connectivity index (χ2v) is 6.39. The highest BCUT2D eigenvalue weighted by atomic mass is 16.4. The molecule has 1 fully saturated rings. The Bertz CT molecular complexity index is 701. The molecule has 0 aromatic heterocycles. The van der Waals surface area contributed by atoms with Crippen molar-refractivity contribution < 1.29 is 19.6 Å². The van der Waals surface area contributed by atoms with Gasteiger partial charge >= 0.3 is 0 Å². The van der Waals surface area contributed by atoms with Crippen molar-refractivity contribution in [3.63, 3.8) is 0 Å². The fraction of sp³-hybridized carbons (Fsp3) is 0.300. The number of ketones is 1. The van der Waals surface area contributed by atoms with Crippen LogP contribution in [0.3, 0.4) is 0 Å². The predicted octanol–water partition coefficient (Wildman–Crippen LogP) is 0.581. The number of piperidine rings is 1. The summed E-state index contributed by atoms with van der Waals surface area (Å²) in [5, 5.41) is 10.9. The van der Waals surface area contributed by atoms with E-state index in [1.54, 1.807) is 0 Å². The minimum atomic E-state index is -0.961. The Kier molecular flexibility index (Phi) is 5.06. The lowest BCUT2D eigenvalue weighted by molar-refractivity contribution is -0.897. The Hall–Kier alpha value is -2.46. The molecule has 4 heteroatoms. The van der Waals surface area contributed by atoms with E-state index < -0.39 is 5.97 Å². The van der Waals surface area contributed by atoms with Crippen molar-refractivity contribution in [3.8, 4) is 11.1 Å². The van der Waals surface area contributed by atoms with Gasteiger partial charge in [0, 0.05) is 30.3 Å². The Labute approximate surface area is 141 Å². The smallest absolute Gasteiger partial charge is 0.216 e. The van der Waals surface area contributed by atoms with Gasteiger partial charge in [-0.05, 0) is 11.1 Å². The molecule has 1 aliphatic rings. The molecule has 0 saturated carbocycles. The van der Waals surface area contributed by atoms with Crippen molar-refractivity contribution >= 4 is 11.8 Å². The van der Waals surface area contributed by atoms with E-state index in [1.165, 1.54) is 0 Å². The normalized spacial score (nSPS) is 20.5. The first-order chi connectivity index (χ1) is 11.6. The van der Waals surface area contributed by atoms with Crippen LogP contribution in [0.1, 0.15) is 23.2 Å². The van der Waals surface area contributed by atoms with Gasteiger partial charge in [0.15, 0.2) is 0 Å². The average molecular weight is 323 g/mol. The second-order valence-electron chi connectivity index (χ2n) is 6.39. The number of hydrogen-bond acceptors (Lipinski definition) is 3. The zero-order valence-corrected chi connectivity index (χ0v) is 13.5. The zero-order valence-electron chi connectivity index (χ0n) is 13.5. The van der Waals surface area contributed by atoms with Crippen LogP contribution in [0, 0.1) is 5.92 Å². The van der Waals surface area contributed by atoms with Crippen molar-refractivity contribution in [3.05, 3.63) is 60.2 Å². The standard InChI is InChI=1S/C20H21NO3/c22-19(14-21-12-10-18(11-13-21)20(23)24)17-8-6-16(7-9-17)15-4-2-1-3-5-15/h1-9,18H,10-14H2,(H,23,24). The molecule has 1 N–H and O–H groups in total. The van der Waals surface area contributed by atoms with Crippen LogP contribution in [0.5, 0.6) is 0 Å². The lowest BCUT2D eigenvalue weighted by Crippen LogP contribution is -3.14.